The van der Waals surface area contributed by atoms with Crippen LogP contribution in [0.25, 0.3) is 0 Å². The van der Waals surface area contributed by atoms with Crippen LogP contribution in [0.4, 0.5) is 0 Å². The van der Waals surface area contributed by atoms with Crippen molar-refractivity contribution in [2.75, 3.05) is 13.2 Å². The highest BCUT2D eigenvalue weighted by Crippen LogP contribution is 2.14. The lowest BCUT2D eigenvalue weighted by Crippen LogP contribution is -2.30. The van der Waals surface area contributed by atoms with E-state index in [2.05, 4.69) is 81.5 Å². The van der Waals surface area contributed by atoms with E-state index in [4.69, 9.17) is 14.2 Å². The van der Waals surface area contributed by atoms with E-state index in [1.54, 1.807) is 0 Å². The normalized spacial score (nSPS) is 13.1. The summed E-state index contributed by atoms with van der Waals surface area (Å²) < 4.78 is 16.6. The molecule has 0 saturated carbocycles. The predicted octanol–water partition coefficient (Wildman–Crippen LogP) is 15.6. The third-order valence-corrected chi connectivity index (χ3v) is 9.63. The first-order valence-electron chi connectivity index (χ1n) is 23.9. The lowest BCUT2D eigenvalue weighted by molar-refractivity contribution is -0.166. The summed E-state index contributed by atoms with van der Waals surface area (Å²) in [6, 6.07) is 0. The molecular weight excluding hydrogens is 745 g/mol. The van der Waals surface area contributed by atoms with Crippen molar-refractivity contribution in [3.05, 3.63) is 109 Å². The van der Waals surface area contributed by atoms with Gasteiger partial charge < -0.3 is 14.2 Å². The second-order valence-electron chi connectivity index (χ2n) is 15.4. The molecule has 0 heterocycles. The van der Waals surface area contributed by atoms with Gasteiger partial charge in [0, 0.05) is 19.3 Å². The minimum atomic E-state index is -0.827. The summed E-state index contributed by atoms with van der Waals surface area (Å²) in [4.78, 5) is 37.8. The Labute approximate surface area is 368 Å². The minimum absolute atomic E-state index is 0.118. The summed E-state index contributed by atoms with van der Waals surface area (Å²) in [7, 11) is 0. The molecule has 0 saturated heterocycles. The van der Waals surface area contributed by atoms with Crippen LogP contribution in [0.2, 0.25) is 0 Å². The summed E-state index contributed by atoms with van der Waals surface area (Å²) in [6.45, 7) is 6.26. The number of esters is 3. The Morgan fingerprint density at radius 1 is 0.367 bits per heavy atom. The zero-order valence-electron chi connectivity index (χ0n) is 38.4. The topological polar surface area (TPSA) is 78.9 Å². The van der Waals surface area contributed by atoms with Crippen molar-refractivity contribution in [1.82, 2.24) is 0 Å². The van der Waals surface area contributed by atoms with Crippen molar-refractivity contribution in [3.63, 3.8) is 0 Å². The molecule has 0 fully saturated rings. The number of hydrogen-bond donors (Lipinski definition) is 0. The second kappa shape index (κ2) is 47.7. The van der Waals surface area contributed by atoms with Gasteiger partial charge in [0.25, 0.3) is 0 Å². The van der Waals surface area contributed by atoms with Crippen LogP contribution in [0, 0.1) is 0 Å². The number of carbonyl (C=O) groups excluding carboxylic acids is 3. The maximum absolute atomic E-state index is 12.7. The Morgan fingerprint density at radius 3 is 1.28 bits per heavy atom. The van der Waals surface area contributed by atoms with Gasteiger partial charge in [-0.2, -0.15) is 0 Å². The largest absolute Gasteiger partial charge is 0.462 e. The third-order valence-electron chi connectivity index (χ3n) is 9.63. The van der Waals surface area contributed by atoms with Gasteiger partial charge in [-0.25, -0.2) is 0 Å². The van der Waals surface area contributed by atoms with E-state index in [9.17, 15) is 14.4 Å². The number of hydrogen-bond acceptors (Lipinski definition) is 6. The van der Waals surface area contributed by atoms with Crippen LogP contribution in [0.1, 0.15) is 194 Å². The van der Waals surface area contributed by atoms with Crippen LogP contribution >= 0.6 is 0 Å². The molecule has 0 aliphatic carbocycles. The van der Waals surface area contributed by atoms with Gasteiger partial charge in [0.2, 0.25) is 0 Å². The first-order valence-corrected chi connectivity index (χ1v) is 23.9. The molecule has 1 atom stereocenters. The fourth-order valence-electron chi connectivity index (χ4n) is 6.09. The molecule has 60 heavy (non-hydrogen) atoms. The highest BCUT2D eigenvalue weighted by atomic mass is 16.6. The van der Waals surface area contributed by atoms with Gasteiger partial charge in [-0.05, 0) is 70.6 Å². The summed E-state index contributed by atoms with van der Waals surface area (Å²) in [5, 5.41) is 0. The number of unbranched alkanes of at least 4 members (excludes halogenated alkanes) is 15. The first-order chi connectivity index (χ1) is 29.5. The van der Waals surface area contributed by atoms with Gasteiger partial charge in [0.05, 0.1) is 0 Å². The van der Waals surface area contributed by atoms with Crippen LogP contribution in [-0.2, 0) is 28.6 Å². The Balaban J connectivity index is 4.57. The Morgan fingerprint density at radius 2 is 0.767 bits per heavy atom. The summed E-state index contributed by atoms with van der Waals surface area (Å²) >= 11 is 0. The van der Waals surface area contributed by atoms with Crippen molar-refractivity contribution >= 4 is 17.9 Å². The molecule has 6 heteroatoms. The minimum Gasteiger partial charge on any atom is -0.462 e. The quantitative estimate of drug-likeness (QED) is 0.0201. The molecule has 0 bridgehead atoms. The smallest absolute Gasteiger partial charge is 0.306 e. The van der Waals surface area contributed by atoms with Gasteiger partial charge in [-0.3, -0.25) is 14.4 Å². The fourth-order valence-corrected chi connectivity index (χ4v) is 6.09. The lowest BCUT2D eigenvalue weighted by Gasteiger charge is -2.18. The zero-order valence-corrected chi connectivity index (χ0v) is 38.4. The molecule has 0 spiro atoms. The van der Waals surface area contributed by atoms with Crippen molar-refractivity contribution in [3.8, 4) is 0 Å². The first kappa shape index (κ1) is 56.1. The number of allylic oxidation sites excluding steroid dienone is 18. The van der Waals surface area contributed by atoms with E-state index < -0.39 is 6.10 Å². The number of carbonyl (C=O) groups is 3. The van der Waals surface area contributed by atoms with Crippen molar-refractivity contribution in [2.45, 2.75) is 200 Å². The Kier molecular flexibility index (Phi) is 44.6. The molecule has 0 aromatic carbocycles. The molecule has 6 nitrogen and oxygen atoms in total. The fraction of sp³-hybridized carbons (Fsp3) is 0.611. The average Bonchev–Trinajstić information content (AvgIpc) is 3.24. The maximum atomic E-state index is 12.7. The van der Waals surface area contributed by atoms with Gasteiger partial charge in [0.1, 0.15) is 13.2 Å². The van der Waals surface area contributed by atoms with Crippen LogP contribution in [0.5, 0.6) is 0 Å². The Bertz CT molecular complexity index is 1280. The Hall–Kier alpha value is -3.93. The van der Waals surface area contributed by atoms with Crippen LogP contribution < -0.4 is 0 Å². The molecule has 0 N–H and O–H groups in total. The van der Waals surface area contributed by atoms with Crippen LogP contribution in [0.3, 0.4) is 0 Å². The van der Waals surface area contributed by atoms with E-state index >= 15 is 0 Å². The monoisotopic (exact) mass is 831 g/mol. The molecule has 0 radical (unpaired) electrons. The molecule has 0 aromatic rings. The zero-order chi connectivity index (χ0) is 43.7. The molecular formula is C54H86O6. The average molecular weight is 831 g/mol. The van der Waals surface area contributed by atoms with Gasteiger partial charge in [-0.1, -0.05) is 214 Å². The molecule has 0 rings (SSSR count). The SMILES string of the molecule is CC/C=C/C=C/C=C/C=C/CCCCCC(=O)OC(COC(=O)CC/C=C/C/C=C/C/C=C/C/C=C/C/C=C/CC)COC(=O)CCCCCCCCCCCCCCC. The summed E-state index contributed by atoms with van der Waals surface area (Å²) in [5.41, 5.74) is 0. The van der Waals surface area contributed by atoms with E-state index in [-0.39, 0.29) is 44.0 Å². The maximum Gasteiger partial charge on any atom is 0.306 e. The van der Waals surface area contributed by atoms with Crippen molar-refractivity contribution < 1.29 is 28.6 Å². The second-order valence-corrected chi connectivity index (χ2v) is 15.4. The number of ether oxygens (including phenoxy) is 3. The molecule has 0 aliphatic heterocycles. The van der Waals surface area contributed by atoms with Gasteiger partial charge in [-0.15, -0.1) is 0 Å². The van der Waals surface area contributed by atoms with E-state index in [1.165, 1.54) is 64.2 Å². The van der Waals surface area contributed by atoms with E-state index in [0.29, 0.717) is 19.3 Å². The van der Waals surface area contributed by atoms with Gasteiger partial charge in [0.15, 0.2) is 6.10 Å². The lowest BCUT2D eigenvalue weighted by atomic mass is 10.0. The highest BCUT2D eigenvalue weighted by molar-refractivity contribution is 5.71. The summed E-state index contributed by atoms with van der Waals surface area (Å²) in [6.07, 6.45) is 63.7. The molecule has 338 valence electrons. The van der Waals surface area contributed by atoms with Crippen LogP contribution in [0.15, 0.2) is 109 Å². The highest BCUT2D eigenvalue weighted by Gasteiger charge is 2.19. The third kappa shape index (κ3) is 45.2. The molecule has 0 amide bonds. The standard InChI is InChI=1S/C54H86O6/c1-4-7-10-13-16-19-22-25-26-27-30-32-35-38-41-44-47-53(56)59-50-51(60-54(57)48-45-42-39-36-33-29-24-21-18-15-12-9-6-3)49-58-52(55)46-43-40-37-34-31-28-23-20-17-14-11-8-5-2/h7,9-10,12,15-16,18-19,21,24-26,29-30,32-33,38,41,51H,4-6,8,11,13-14,17,20,22-23,27-28,31,34-37,39-40,42-50H2,1-3H3/b10-7+,12-9+,18-15+,19-16+,24-21+,26-25+,32-30+,33-29+,41-38+. The van der Waals surface area contributed by atoms with Crippen molar-refractivity contribution in [1.29, 1.82) is 0 Å². The van der Waals surface area contributed by atoms with Crippen LogP contribution in [-0.4, -0.2) is 37.2 Å². The van der Waals surface area contributed by atoms with Crippen molar-refractivity contribution in [2.24, 2.45) is 0 Å². The molecule has 0 aliphatic rings. The van der Waals surface area contributed by atoms with E-state index in [0.717, 1.165) is 77.0 Å². The predicted molar refractivity (Wildman–Crippen MR) is 256 cm³/mol. The van der Waals surface area contributed by atoms with E-state index in [1.807, 2.05) is 48.6 Å². The van der Waals surface area contributed by atoms with Gasteiger partial charge >= 0.3 is 17.9 Å². The summed E-state index contributed by atoms with van der Waals surface area (Å²) in [5.74, 6) is -1.05. The number of rotatable bonds is 41. The molecule has 0 aromatic heterocycles. The molecule has 1 unspecified atom stereocenters.